The molecule has 1 atom stereocenters. The van der Waals surface area contributed by atoms with Crippen LogP contribution < -0.4 is 4.72 Å². The fourth-order valence-electron chi connectivity index (χ4n) is 1.14. The van der Waals surface area contributed by atoms with Gasteiger partial charge in [-0.05, 0) is 28.4 Å². The number of methoxy groups -OCH3 is 1. The lowest BCUT2D eigenvalue weighted by molar-refractivity contribution is 0.199. The molecule has 0 radical (unpaired) electrons. The summed E-state index contributed by atoms with van der Waals surface area (Å²) in [4.78, 5) is 0.129. The molecule has 18 heavy (non-hydrogen) atoms. The SMILES string of the molecule is COCC(Br)CCNS(=O)(=O)c1cc(Cl)c(Br)s1. The van der Waals surface area contributed by atoms with E-state index in [1.807, 2.05) is 0 Å². The van der Waals surface area contributed by atoms with E-state index in [1.54, 1.807) is 7.11 Å². The van der Waals surface area contributed by atoms with Crippen LogP contribution in [0.3, 0.4) is 0 Å². The number of nitrogens with one attached hydrogen (secondary N) is 1. The Morgan fingerprint density at radius 3 is 2.78 bits per heavy atom. The van der Waals surface area contributed by atoms with Crippen LogP contribution >= 0.6 is 54.8 Å². The number of ether oxygens (including phenoxy) is 1. The van der Waals surface area contributed by atoms with Crippen molar-refractivity contribution in [3.8, 4) is 0 Å². The summed E-state index contributed by atoms with van der Waals surface area (Å²) in [7, 11) is -1.88. The predicted molar refractivity (Wildman–Crippen MR) is 81.4 cm³/mol. The van der Waals surface area contributed by atoms with Gasteiger partial charge in [-0.25, -0.2) is 13.1 Å². The van der Waals surface area contributed by atoms with Gasteiger partial charge in [-0.1, -0.05) is 27.5 Å². The smallest absolute Gasteiger partial charge is 0.250 e. The number of rotatable bonds is 7. The minimum atomic E-state index is -3.48. The molecule has 0 saturated carbocycles. The molecule has 0 aliphatic carbocycles. The van der Waals surface area contributed by atoms with Crippen LogP contribution in [0, 0.1) is 0 Å². The molecule has 0 aliphatic rings. The fraction of sp³-hybridized carbons (Fsp3) is 0.556. The highest BCUT2D eigenvalue weighted by atomic mass is 79.9. The molecular weight excluding hydrogens is 429 g/mol. The maximum absolute atomic E-state index is 11.9. The Hall–Kier alpha value is 0.820. The van der Waals surface area contributed by atoms with Gasteiger partial charge in [0.05, 0.1) is 15.4 Å². The zero-order valence-electron chi connectivity index (χ0n) is 9.45. The van der Waals surface area contributed by atoms with Crippen LogP contribution in [0.1, 0.15) is 6.42 Å². The number of hydrogen-bond donors (Lipinski definition) is 1. The van der Waals surface area contributed by atoms with Crippen LogP contribution in [-0.2, 0) is 14.8 Å². The first kappa shape index (κ1) is 16.9. The molecule has 1 heterocycles. The van der Waals surface area contributed by atoms with Gasteiger partial charge in [0.15, 0.2) is 0 Å². The quantitative estimate of drug-likeness (QED) is 0.661. The van der Waals surface area contributed by atoms with E-state index >= 15 is 0 Å². The molecule has 0 aromatic carbocycles. The van der Waals surface area contributed by atoms with Gasteiger partial charge in [-0.3, -0.25) is 0 Å². The van der Waals surface area contributed by atoms with Gasteiger partial charge >= 0.3 is 0 Å². The predicted octanol–water partition coefficient (Wildman–Crippen LogP) is 3.24. The van der Waals surface area contributed by atoms with Gasteiger partial charge in [0.25, 0.3) is 0 Å². The topological polar surface area (TPSA) is 55.4 Å². The summed E-state index contributed by atoms with van der Waals surface area (Å²) in [6.07, 6.45) is 0.646. The minimum absolute atomic E-state index is 0.129. The summed E-state index contributed by atoms with van der Waals surface area (Å²) in [5.74, 6) is 0. The molecule has 0 spiro atoms. The second kappa shape index (κ2) is 7.56. The maximum Gasteiger partial charge on any atom is 0.250 e. The van der Waals surface area contributed by atoms with Crippen molar-refractivity contribution in [3.05, 3.63) is 14.9 Å². The average Bonchev–Trinajstić information content (AvgIpc) is 2.60. The molecule has 0 aliphatic heterocycles. The van der Waals surface area contributed by atoms with E-state index in [2.05, 4.69) is 36.6 Å². The largest absolute Gasteiger partial charge is 0.384 e. The second-order valence-corrected chi connectivity index (χ2v) is 9.49. The lowest BCUT2D eigenvalue weighted by Gasteiger charge is -2.09. The third-order valence-electron chi connectivity index (χ3n) is 1.98. The van der Waals surface area contributed by atoms with E-state index in [0.29, 0.717) is 28.4 Å². The average molecular weight is 442 g/mol. The van der Waals surface area contributed by atoms with Crippen molar-refractivity contribution < 1.29 is 13.2 Å². The van der Waals surface area contributed by atoms with Gasteiger partial charge < -0.3 is 4.74 Å². The van der Waals surface area contributed by atoms with Crippen LogP contribution in [0.15, 0.2) is 14.1 Å². The third kappa shape index (κ3) is 5.07. The molecule has 0 saturated heterocycles. The summed E-state index contributed by atoms with van der Waals surface area (Å²) in [5, 5.41) is 0.401. The highest BCUT2D eigenvalue weighted by Crippen LogP contribution is 2.34. The molecule has 1 N–H and O–H groups in total. The van der Waals surface area contributed by atoms with Gasteiger partial charge in [0.2, 0.25) is 10.0 Å². The molecule has 1 aromatic rings. The highest BCUT2D eigenvalue weighted by molar-refractivity contribution is 9.11. The summed E-state index contributed by atoms with van der Waals surface area (Å²) in [6, 6.07) is 1.43. The third-order valence-corrected chi connectivity index (χ3v) is 7.12. The van der Waals surface area contributed by atoms with E-state index < -0.39 is 10.0 Å². The molecule has 1 unspecified atom stereocenters. The van der Waals surface area contributed by atoms with Crippen molar-refractivity contribution >= 4 is 64.8 Å². The van der Waals surface area contributed by atoms with Crippen LogP contribution in [0.2, 0.25) is 5.02 Å². The standard InChI is InChI=1S/C9H12Br2ClNO3S2/c1-16-5-6(10)2-3-13-18(14,15)8-4-7(12)9(11)17-8/h4,6,13H,2-3,5H2,1H3. The van der Waals surface area contributed by atoms with Crippen molar-refractivity contribution in [3.63, 3.8) is 0 Å². The monoisotopic (exact) mass is 439 g/mol. The van der Waals surface area contributed by atoms with Crippen LogP contribution in [0.5, 0.6) is 0 Å². The lowest BCUT2D eigenvalue weighted by Crippen LogP contribution is -2.26. The molecule has 0 fully saturated rings. The Balaban J connectivity index is 2.55. The van der Waals surface area contributed by atoms with Gasteiger partial charge in [-0.15, -0.1) is 11.3 Å². The summed E-state index contributed by atoms with van der Waals surface area (Å²) < 4.78 is 32.1. The zero-order valence-corrected chi connectivity index (χ0v) is 15.0. The minimum Gasteiger partial charge on any atom is -0.384 e. The van der Waals surface area contributed by atoms with E-state index in [4.69, 9.17) is 16.3 Å². The number of halogens is 3. The molecule has 1 rings (SSSR count). The van der Waals surface area contributed by atoms with Crippen molar-refractivity contribution in [2.75, 3.05) is 20.3 Å². The van der Waals surface area contributed by atoms with Gasteiger partial charge in [0, 0.05) is 18.5 Å². The molecule has 4 nitrogen and oxygen atoms in total. The summed E-state index contributed by atoms with van der Waals surface area (Å²) in [5.41, 5.74) is 0. The summed E-state index contributed by atoms with van der Waals surface area (Å²) >= 11 is 13.5. The first-order chi connectivity index (χ1) is 8.36. The number of hydrogen-bond acceptors (Lipinski definition) is 4. The van der Waals surface area contributed by atoms with Crippen molar-refractivity contribution in [1.82, 2.24) is 4.72 Å². The molecule has 104 valence electrons. The first-order valence-corrected chi connectivity index (χ1v) is 9.33. The maximum atomic E-state index is 11.9. The molecule has 0 amide bonds. The van der Waals surface area contributed by atoms with Gasteiger partial charge in [-0.2, -0.15) is 0 Å². The Bertz CT molecular complexity index is 473. The molecule has 0 bridgehead atoms. The van der Waals surface area contributed by atoms with Crippen LogP contribution in [0.25, 0.3) is 0 Å². The Morgan fingerprint density at radius 1 is 1.61 bits per heavy atom. The first-order valence-electron chi connectivity index (χ1n) is 4.94. The van der Waals surface area contributed by atoms with Crippen LogP contribution in [0.4, 0.5) is 0 Å². The Morgan fingerprint density at radius 2 is 2.28 bits per heavy atom. The van der Waals surface area contributed by atoms with Gasteiger partial charge in [0.1, 0.15) is 4.21 Å². The van der Waals surface area contributed by atoms with Crippen LogP contribution in [-0.4, -0.2) is 33.5 Å². The normalized spacial score (nSPS) is 13.8. The highest BCUT2D eigenvalue weighted by Gasteiger charge is 2.18. The van der Waals surface area contributed by atoms with E-state index in [9.17, 15) is 8.42 Å². The summed E-state index contributed by atoms with van der Waals surface area (Å²) in [6.45, 7) is 0.882. The fourth-order valence-corrected chi connectivity index (χ4v) is 5.13. The number of alkyl halides is 1. The van der Waals surface area contributed by atoms with Crippen molar-refractivity contribution in [1.29, 1.82) is 0 Å². The molecular formula is C9H12Br2ClNO3S2. The van der Waals surface area contributed by atoms with Crippen molar-refractivity contribution in [2.45, 2.75) is 15.5 Å². The van der Waals surface area contributed by atoms with E-state index in [1.165, 1.54) is 6.07 Å². The van der Waals surface area contributed by atoms with E-state index in [-0.39, 0.29) is 9.04 Å². The van der Waals surface area contributed by atoms with Crippen molar-refractivity contribution in [2.24, 2.45) is 0 Å². The number of sulfonamides is 1. The Kier molecular flexibility index (Phi) is 7.09. The second-order valence-electron chi connectivity index (χ2n) is 3.43. The van der Waals surface area contributed by atoms with E-state index in [0.717, 1.165) is 11.3 Å². The lowest BCUT2D eigenvalue weighted by atomic mass is 10.3. The zero-order chi connectivity index (χ0) is 13.8. The Labute approximate surface area is 132 Å². The molecule has 9 heteroatoms. The number of thiophene rings is 1. The molecule has 1 aromatic heterocycles.